The summed E-state index contributed by atoms with van der Waals surface area (Å²) >= 11 is 0. The van der Waals surface area contributed by atoms with Gasteiger partial charge >= 0.3 is 0 Å². The van der Waals surface area contributed by atoms with Crippen molar-refractivity contribution in [3.63, 3.8) is 0 Å². The highest BCUT2D eigenvalue weighted by atomic mass is 16.5. The molecule has 7 nitrogen and oxygen atoms in total. The topological polar surface area (TPSA) is 79.3 Å². The molecule has 1 heterocycles. The smallest absolute Gasteiger partial charge is 0.227 e. The lowest BCUT2D eigenvalue weighted by Crippen LogP contribution is -2.36. The van der Waals surface area contributed by atoms with E-state index in [1.54, 1.807) is 19.2 Å². The van der Waals surface area contributed by atoms with Gasteiger partial charge in [0.2, 0.25) is 5.91 Å². The summed E-state index contributed by atoms with van der Waals surface area (Å²) in [4.78, 5) is 28.3. The van der Waals surface area contributed by atoms with E-state index in [-0.39, 0.29) is 11.7 Å². The summed E-state index contributed by atoms with van der Waals surface area (Å²) in [6.07, 6.45) is 3.81. The Labute approximate surface area is 194 Å². The van der Waals surface area contributed by atoms with Crippen molar-refractivity contribution in [1.82, 2.24) is 9.80 Å². The number of carbonyl (C=O) groups is 2. The van der Waals surface area contributed by atoms with E-state index in [0.717, 1.165) is 49.8 Å². The van der Waals surface area contributed by atoms with Crippen LogP contribution in [0.4, 0.5) is 0 Å². The first kappa shape index (κ1) is 23.1. The largest absolute Gasteiger partial charge is 0.504 e. The average molecular weight is 453 g/mol. The number of methoxy groups -OCH3 is 2. The van der Waals surface area contributed by atoms with Crippen LogP contribution in [0.15, 0.2) is 24.3 Å². The van der Waals surface area contributed by atoms with Gasteiger partial charge in [0.1, 0.15) is 5.75 Å². The number of ether oxygens (including phenoxy) is 2. The van der Waals surface area contributed by atoms with Crippen LogP contribution in [0.5, 0.6) is 17.2 Å². The van der Waals surface area contributed by atoms with Gasteiger partial charge in [0.05, 0.1) is 26.2 Å². The number of hydrogen-bond acceptors (Lipinski definition) is 6. The molecule has 1 aliphatic heterocycles. The molecule has 0 saturated heterocycles. The van der Waals surface area contributed by atoms with Gasteiger partial charge in [0, 0.05) is 25.6 Å². The number of aldehydes is 1. The predicted molar refractivity (Wildman–Crippen MR) is 126 cm³/mol. The molecule has 4 rings (SSSR count). The minimum Gasteiger partial charge on any atom is -0.504 e. The maximum Gasteiger partial charge on any atom is 0.227 e. The molecular formula is C26H32N2O5. The van der Waals surface area contributed by atoms with Crippen molar-refractivity contribution in [3.8, 4) is 17.2 Å². The lowest BCUT2D eigenvalue weighted by atomic mass is 9.76. The number of fused-ring (bicyclic) bond motifs is 2. The molecule has 33 heavy (non-hydrogen) atoms. The van der Waals surface area contributed by atoms with Gasteiger partial charge in [0.15, 0.2) is 17.8 Å². The summed E-state index contributed by atoms with van der Waals surface area (Å²) in [6.45, 7) is 3.20. The number of phenolic OH excluding ortho intramolecular Hbond substituents is 1. The van der Waals surface area contributed by atoms with Gasteiger partial charge in [-0.2, -0.15) is 0 Å². The monoisotopic (exact) mass is 452 g/mol. The predicted octanol–water partition coefficient (Wildman–Crippen LogP) is 2.81. The highest BCUT2D eigenvalue weighted by Crippen LogP contribution is 2.39. The van der Waals surface area contributed by atoms with Crippen LogP contribution in [-0.4, -0.2) is 74.5 Å². The van der Waals surface area contributed by atoms with Crippen LogP contribution in [0.25, 0.3) is 0 Å². The number of hydrogen-bond donors (Lipinski definition) is 1. The van der Waals surface area contributed by atoms with Crippen molar-refractivity contribution in [2.75, 3.05) is 47.4 Å². The number of aromatic hydroxyl groups is 1. The Kier molecular flexibility index (Phi) is 6.88. The van der Waals surface area contributed by atoms with E-state index < -0.39 is 0 Å². The van der Waals surface area contributed by atoms with Crippen LogP contribution in [0, 0.1) is 0 Å². The van der Waals surface area contributed by atoms with Crippen molar-refractivity contribution >= 4 is 12.2 Å². The Hall–Kier alpha value is -3.06. The van der Waals surface area contributed by atoms with Gasteiger partial charge in [-0.15, -0.1) is 0 Å². The first-order chi connectivity index (χ1) is 15.9. The van der Waals surface area contributed by atoms with Crippen LogP contribution in [0.3, 0.4) is 0 Å². The van der Waals surface area contributed by atoms with Gasteiger partial charge < -0.3 is 24.4 Å². The average Bonchev–Trinajstić information content (AvgIpc) is 2.94. The lowest BCUT2D eigenvalue weighted by Gasteiger charge is -2.34. The summed E-state index contributed by atoms with van der Waals surface area (Å²) < 4.78 is 10.5. The molecule has 0 bridgehead atoms. The summed E-state index contributed by atoms with van der Waals surface area (Å²) in [5, 5.41) is 10.1. The van der Waals surface area contributed by atoms with Crippen LogP contribution in [0.2, 0.25) is 0 Å². The fourth-order valence-electron chi connectivity index (χ4n) is 4.99. The summed E-state index contributed by atoms with van der Waals surface area (Å²) in [6, 6.07) is 7.44. The highest BCUT2D eigenvalue weighted by molar-refractivity contribution is 5.81. The molecule has 176 valence electrons. The number of nitrogens with zero attached hydrogens (tertiary/aromatic N) is 2. The molecule has 2 aliphatic rings. The maximum atomic E-state index is 12.8. The molecule has 1 N–H and O–H groups in total. The SMILES string of the molecule is COc1cc2c(cc1O)CCN(CCCN(C)C[C@H]1Cc3cc(OC)c(C=O)cc31)C(=O)C2. The van der Waals surface area contributed by atoms with Gasteiger partial charge in [0.25, 0.3) is 0 Å². The van der Waals surface area contributed by atoms with Crippen molar-refractivity contribution < 1.29 is 24.2 Å². The molecule has 2 aromatic rings. The third-order valence-corrected chi connectivity index (χ3v) is 6.87. The van der Waals surface area contributed by atoms with Crippen LogP contribution in [0.1, 0.15) is 45.0 Å². The van der Waals surface area contributed by atoms with Gasteiger partial charge in [-0.1, -0.05) is 0 Å². The minimum atomic E-state index is 0.118. The van der Waals surface area contributed by atoms with E-state index in [1.807, 2.05) is 17.0 Å². The van der Waals surface area contributed by atoms with Gasteiger partial charge in [-0.05, 0) is 79.4 Å². The maximum absolute atomic E-state index is 12.8. The zero-order valence-electron chi connectivity index (χ0n) is 19.6. The molecule has 1 aliphatic carbocycles. The van der Waals surface area contributed by atoms with Crippen molar-refractivity contribution in [3.05, 3.63) is 52.1 Å². The zero-order chi connectivity index (χ0) is 23.5. The van der Waals surface area contributed by atoms with E-state index in [2.05, 4.69) is 11.9 Å². The third-order valence-electron chi connectivity index (χ3n) is 6.87. The molecule has 0 fully saturated rings. The molecule has 0 spiro atoms. The number of rotatable bonds is 9. The first-order valence-electron chi connectivity index (χ1n) is 11.4. The number of carbonyl (C=O) groups excluding carboxylic acids is 2. The highest BCUT2D eigenvalue weighted by Gasteiger charge is 2.29. The minimum absolute atomic E-state index is 0.118. The van der Waals surface area contributed by atoms with E-state index >= 15 is 0 Å². The summed E-state index contributed by atoms with van der Waals surface area (Å²) in [5.41, 5.74) is 5.05. The van der Waals surface area contributed by atoms with Crippen LogP contribution in [-0.2, 0) is 24.1 Å². The number of benzene rings is 2. The van der Waals surface area contributed by atoms with Crippen molar-refractivity contribution in [1.29, 1.82) is 0 Å². The zero-order valence-corrected chi connectivity index (χ0v) is 19.6. The third kappa shape index (κ3) is 4.83. The summed E-state index contributed by atoms with van der Waals surface area (Å²) in [5.74, 6) is 1.72. The van der Waals surface area contributed by atoms with E-state index in [9.17, 15) is 14.7 Å². The molecule has 0 unspecified atom stereocenters. The molecule has 0 aromatic heterocycles. The summed E-state index contributed by atoms with van der Waals surface area (Å²) in [7, 11) is 5.22. The molecular weight excluding hydrogens is 420 g/mol. The second-order valence-electron chi connectivity index (χ2n) is 9.03. The number of likely N-dealkylation sites (N-methyl/N-ethyl adjacent to an activating group) is 1. The molecule has 0 saturated carbocycles. The molecule has 2 aromatic carbocycles. The van der Waals surface area contributed by atoms with Crippen LogP contribution < -0.4 is 9.47 Å². The molecule has 7 heteroatoms. The van der Waals surface area contributed by atoms with Crippen molar-refractivity contribution in [2.45, 2.75) is 31.6 Å². The second-order valence-corrected chi connectivity index (χ2v) is 9.03. The van der Waals surface area contributed by atoms with Crippen molar-refractivity contribution in [2.24, 2.45) is 0 Å². The Morgan fingerprint density at radius 1 is 1.12 bits per heavy atom. The molecule has 1 amide bonds. The van der Waals surface area contributed by atoms with Crippen LogP contribution >= 0.6 is 0 Å². The quantitative estimate of drug-likeness (QED) is 0.590. The Morgan fingerprint density at radius 2 is 1.88 bits per heavy atom. The van der Waals surface area contributed by atoms with E-state index in [0.29, 0.717) is 42.5 Å². The van der Waals surface area contributed by atoms with E-state index in [4.69, 9.17) is 9.47 Å². The second kappa shape index (κ2) is 9.83. The molecule has 1 atom stereocenters. The van der Waals surface area contributed by atoms with E-state index in [1.165, 1.54) is 18.2 Å². The number of amides is 1. The van der Waals surface area contributed by atoms with Gasteiger partial charge in [-0.25, -0.2) is 0 Å². The molecule has 0 radical (unpaired) electrons. The normalized spacial score (nSPS) is 17.2. The van der Waals surface area contributed by atoms with Gasteiger partial charge in [-0.3, -0.25) is 9.59 Å². The number of phenols is 1. The fraction of sp³-hybridized carbons (Fsp3) is 0.462. The lowest BCUT2D eigenvalue weighted by molar-refractivity contribution is -0.130. The standard InChI is InChI=1S/C26H32N2O5/c1-27(15-20-9-19-13-24(32-2)21(16-29)10-22(19)20)6-4-7-28-8-5-17-11-23(30)25(33-3)12-18(17)14-26(28)31/h10-13,16,20,30H,4-9,14-15H2,1-3H3/t20-/m1/s1. The first-order valence-corrected chi connectivity index (χ1v) is 11.4. The Morgan fingerprint density at radius 3 is 2.61 bits per heavy atom. The Balaban J connectivity index is 1.27. The fourth-order valence-corrected chi connectivity index (χ4v) is 4.99. The Bertz CT molecular complexity index is 1050.